The maximum atomic E-state index is 2.69. The van der Waals surface area contributed by atoms with Crippen LogP contribution in [0, 0.1) is 17.3 Å². The van der Waals surface area contributed by atoms with Crippen LogP contribution in [-0.4, -0.2) is 23.5 Å². The number of nitrogens with zero attached hydrogens (tertiary/aromatic N) is 1. The first-order valence-electron chi connectivity index (χ1n) is 7.08. The third-order valence-electron chi connectivity index (χ3n) is 4.85. The highest BCUT2D eigenvalue weighted by Crippen LogP contribution is 2.61. The van der Waals surface area contributed by atoms with Crippen LogP contribution in [0.1, 0.15) is 60.3 Å². The molecule has 1 heteroatoms. The Bertz CT molecular complexity index is 251. The lowest BCUT2D eigenvalue weighted by atomic mass is 9.86. The van der Waals surface area contributed by atoms with Crippen LogP contribution in [-0.2, 0) is 0 Å². The molecule has 2 aliphatic rings. The molecule has 2 unspecified atom stereocenters. The Hall–Kier alpha value is -0.0400. The van der Waals surface area contributed by atoms with Crippen LogP contribution in [0.3, 0.4) is 0 Å². The van der Waals surface area contributed by atoms with Gasteiger partial charge in [0.25, 0.3) is 0 Å². The van der Waals surface area contributed by atoms with E-state index in [1.54, 1.807) is 0 Å². The Morgan fingerprint density at radius 1 is 1.31 bits per heavy atom. The molecule has 0 aromatic carbocycles. The van der Waals surface area contributed by atoms with Crippen molar-refractivity contribution < 1.29 is 0 Å². The minimum atomic E-state index is 0.382. The van der Waals surface area contributed by atoms with Crippen LogP contribution < -0.4 is 0 Å². The molecule has 0 N–H and O–H groups in total. The standard InChI is InChI=1S/C15H29N/c1-12(2)6-7-15-8-9-16(14(3,4)5)11-13(15)10-15/h12-13H,6-11H2,1-5H3. The highest BCUT2D eigenvalue weighted by molar-refractivity contribution is 5.07. The first-order valence-corrected chi connectivity index (χ1v) is 7.08. The van der Waals surface area contributed by atoms with Crippen LogP contribution in [0.2, 0.25) is 0 Å². The summed E-state index contributed by atoms with van der Waals surface area (Å²) >= 11 is 0. The fraction of sp³-hybridized carbons (Fsp3) is 1.00. The van der Waals surface area contributed by atoms with Gasteiger partial charge in [-0.15, -0.1) is 0 Å². The van der Waals surface area contributed by atoms with E-state index in [9.17, 15) is 0 Å². The molecule has 0 amide bonds. The van der Waals surface area contributed by atoms with Crippen molar-refractivity contribution in [1.82, 2.24) is 4.90 Å². The Labute approximate surface area is 102 Å². The summed E-state index contributed by atoms with van der Waals surface area (Å²) in [6.45, 7) is 14.5. The van der Waals surface area contributed by atoms with Crippen LogP contribution in [0.15, 0.2) is 0 Å². The summed E-state index contributed by atoms with van der Waals surface area (Å²) in [7, 11) is 0. The van der Waals surface area contributed by atoms with Crippen molar-refractivity contribution in [1.29, 1.82) is 0 Å². The molecule has 1 saturated heterocycles. The molecule has 94 valence electrons. The molecule has 0 spiro atoms. The van der Waals surface area contributed by atoms with Gasteiger partial charge in [-0.25, -0.2) is 0 Å². The molecule has 1 nitrogen and oxygen atoms in total. The maximum absolute atomic E-state index is 2.69. The fourth-order valence-electron chi connectivity index (χ4n) is 3.33. The van der Waals surface area contributed by atoms with E-state index in [0.717, 1.165) is 17.3 Å². The van der Waals surface area contributed by atoms with Gasteiger partial charge in [0.05, 0.1) is 0 Å². The Kier molecular flexibility index (Phi) is 3.11. The summed E-state index contributed by atoms with van der Waals surface area (Å²) in [6, 6.07) is 0. The third kappa shape index (κ3) is 2.45. The number of hydrogen-bond acceptors (Lipinski definition) is 1. The van der Waals surface area contributed by atoms with Crippen molar-refractivity contribution in [2.45, 2.75) is 65.8 Å². The van der Waals surface area contributed by atoms with Crippen LogP contribution in [0.5, 0.6) is 0 Å². The smallest absolute Gasteiger partial charge is 0.0125 e. The zero-order valence-electron chi connectivity index (χ0n) is 11.8. The van der Waals surface area contributed by atoms with Crippen molar-refractivity contribution in [3.8, 4) is 0 Å². The second-order valence-corrected chi connectivity index (χ2v) is 7.56. The number of rotatable bonds is 3. The summed E-state index contributed by atoms with van der Waals surface area (Å²) in [5.74, 6) is 1.91. The minimum absolute atomic E-state index is 0.382. The van der Waals surface area contributed by atoms with E-state index in [4.69, 9.17) is 0 Å². The quantitative estimate of drug-likeness (QED) is 0.700. The first-order chi connectivity index (χ1) is 7.33. The van der Waals surface area contributed by atoms with Crippen LogP contribution in [0.4, 0.5) is 0 Å². The highest BCUT2D eigenvalue weighted by atomic mass is 15.2. The Morgan fingerprint density at radius 3 is 2.50 bits per heavy atom. The normalized spacial score (nSPS) is 35.2. The molecule has 1 aliphatic carbocycles. The molecule has 16 heavy (non-hydrogen) atoms. The molecule has 0 radical (unpaired) electrons. The topological polar surface area (TPSA) is 3.24 Å². The van der Waals surface area contributed by atoms with E-state index in [0.29, 0.717) is 5.54 Å². The monoisotopic (exact) mass is 223 g/mol. The van der Waals surface area contributed by atoms with Crippen molar-refractivity contribution in [2.24, 2.45) is 17.3 Å². The minimum Gasteiger partial charge on any atom is -0.298 e. The van der Waals surface area contributed by atoms with Gasteiger partial charge in [0.1, 0.15) is 0 Å². The lowest BCUT2D eigenvalue weighted by Gasteiger charge is -2.40. The van der Waals surface area contributed by atoms with Crippen molar-refractivity contribution >= 4 is 0 Å². The molecule has 0 aromatic rings. The molecule has 2 atom stereocenters. The average Bonchev–Trinajstić information content (AvgIpc) is 2.86. The Morgan fingerprint density at radius 2 is 2.00 bits per heavy atom. The van der Waals surface area contributed by atoms with Crippen LogP contribution in [0.25, 0.3) is 0 Å². The SMILES string of the molecule is CC(C)CCC12CCN(C(C)(C)C)CC1C2. The molecule has 0 bridgehead atoms. The Balaban J connectivity index is 1.85. The van der Waals surface area contributed by atoms with Gasteiger partial charge in [-0.05, 0) is 63.8 Å². The number of piperidine rings is 1. The zero-order chi connectivity index (χ0) is 12.0. The van der Waals surface area contributed by atoms with Gasteiger partial charge in [0.15, 0.2) is 0 Å². The van der Waals surface area contributed by atoms with E-state index >= 15 is 0 Å². The maximum Gasteiger partial charge on any atom is 0.0125 e. The van der Waals surface area contributed by atoms with Crippen molar-refractivity contribution in [3.63, 3.8) is 0 Å². The first kappa shape index (κ1) is 12.4. The molecule has 2 rings (SSSR count). The molecular weight excluding hydrogens is 194 g/mol. The molecule has 1 heterocycles. The molecule has 1 saturated carbocycles. The molecule has 1 aliphatic heterocycles. The van der Waals surface area contributed by atoms with Gasteiger partial charge in [0, 0.05) is 12.1 Å². The summed E-state index contributed by atoms with van der Waals surface area (Å²) in [5, 5.41) is 0. The summed E-state index contributed by atoms with van der Waals surface area (Å²) in [6.07, 6.45) is 5.91. The van der Waals surface area contributed by atoms with Gasteiger partial charge >= 0.3 is 0 Å². The van der Waals surface area contributed by atoms with E-state index in [-0.39, 0.29) is 0 Å². The number of fused-ring (bicyclic) bond motifs is 1. The van der Waals surface area contributed by atoms with E-state index < -0.39 is 0 Å². The predicted octanol–water partition coefficient (Wildman–Crippen LogP) is 3.93. The average molecular weight is 223 g/mol. The van der Waals surface area contributed by atoms with Crippen molar-refractivity contribution in [3.05, 3.63) is 0 Å². The highest BCUT2D eigenvalue weighted by Gasteiger charge is 2.56. The summed E-state index contributed by atoms with van der Waals surface area (Å²) < 4.78 is 0. The number of likely N-dealkylation sites (tertiary alicyclic amines) is 1. The third-order valence-corrected chi connectivity index (χ3v) is 4.85. The number of hydrogen-bond donors (Lipinski definition) is 0. The van der Waals surface area contributed by atoms with Crippen molar-refractivity contribution in [2.75, 3.05) is 13.1 Å². The van der Waals surface area contributed by atoms with E-state index in [2.05, 4.69) is 39.5 Å². The summed E-state index contributed by atoms with van der Waals surface area (Å²) in [4.78, 5) is 2.69. The lowest BCUT2D eigenvalue weighted by Crippen LogP contribution is -2.46. The second kappa shape index (κ2) is 4.01. The summed E-state index contributed by atoms with van der Waals surface area (Å²) in [5.41, 5.74) is 1.17. The zero-order valence-corrected chi connectivity index (χ0v) is 11.8. The lowest BCUT2D eigenvalue weighted by molar-refractivity contribution is 0.0797. The van der Waals surface area contributed by atoms with Crippen LogP contribution >= 0.6 is 0 Å². The van der Waals surface area contributed by atoms with E-state index in [1.165, 1.54) is 38.8 Å². The van der Waals surface area contributed by atoms with Gasteiger partial charge < -0.3 is 0 Å². The van der Waals surface area contributed by atoms with Gasteiger partial charge in [-0.2, -0.15) is 0 Å². The largest absolute Gasteiger partial charge is 0.298 e. The van der Waals surface area contributed by atoms with E-state index in [1.807, 2.05) is 0 Å². The molecule has 2 fully saturated rings. The second-order valence-electron chi connectivity index (χ2n) is 7.56. The fourth-order valence-corrected chi connectivity index (χ4v) is 3.33. The van der Waals surface area contributed by atoms with Gasteiger partial charge in [-0.1, -0.05) is 20.3 Å². The van der Waals surface area contributed by atoms with Gasteiger partial charge in [0.2, 0.25) is 0 Å². The molecular formula is C15H29N. The molecule has 0 aromatic heterocycles. The predicted molar refractivity (Wildman–Crippen MR) is 70.6 cm³/mol. The van der Waals surface area contributed by atoms with Gasteiger partial charge in [-0.3, -0.25) is 4.90 Å².